The summed E-state index contributed by atoms with van der Waals surface area (Å²) in [5.74, 6) is -0.284. The lowest BCUT2D eigenvalue weighted by atomic mass is 10.1. The first-order valence-electron chi connectivity index (χ1n) is 6.77. The van der Waals surface area contributed by atoms with Gasteiger partial charge in [0.15, 0.2) is 11.7 Å². The van der Waals surface area contributed by atoms with Crippen molar-refractivity contribution in [3.8, 4) is 11.3 Å². The molecule has 1 aliphatic rings. The van der Waals surface area contributed by atoms with Gasteiger partial charge in [0.1, 0.15) is 11.6 Å². The van der Waals surface area contributed by atoms with Crippen molar-refractivity contribution in [2.24, 2.45) is 0 Å². The SMILES string of the molecule is Cc1cc(-c2cnc(CCNC3CC3)o2)c(F)cc1F. The summed E-state index contributed by atoms with van der Waals surface area (Å²) in [6.07, 6.45) is 4.62. The van der Waals surface area contributed by atoms with Crippen LogP contribution < -0.4 is 5.32 Å². The summed E-state index contributed by atoms with van der Waals surface area (Å²) in [5.41, 5.74) is 0.632. The monoisotopic (exact) mass is 278 g/mol. The Hall–Kier alpha value is -1.75. The molecule has 0 bridgehead atoms. The Balaban J connectivity index is 1.73. The summed E-state index contributed by atoms with van der Waals surface area (Å²) >= 11 is 0. The number of hydrogen-bond donors (Lipinski definition) is 1. The zero-order chi connectivity index (χ0) is 14.1. The highest BCUT2D eigenvalue weighted by Crippen LogP contribution is 2.26. The van der Waals surface area contributed by atoms with Crippen molar-refractivity contribution >= 4 is 0 Å². The zero-order valence-electron chi connectivity index (χ0n) is 11.2. The highest BCUT2D eigenvalue weighted by Gasteiger charge is 2.20. The van der Waals surface area contributed by atoms with Gasteiger partial charge in [-0.25, -0.2) is 13.8 Å². The van der Waals surface area contributed by atoms with Gasteiger partial charge in [-0.3, -0.25) is 0 Å². The van der Waals surface area contributed by atoms with Crippen LogP contribution in [0.4, 0.5) is 8.78 Å². The Bertz CT molecular complexity index is 620. The number of aromatic nitrogens is 1. The fourth-order valence-corrected chi connectivity index (χ4v) is 2.07. The Labute approximate surface area is 116 Å². The highest BCUT2D eigenvalue weighted by molar-refractivity contribution is 5.58. The summed E-state index contributed by atoms with van der Waals surface area (Å²) in [5, 5.41) is 3.36. The van der Waals surface area contributed by atoms with Crippen LogP contribution in [0, 0.1) is 18.6 Å². The van der Waals surface area contributed by atoms with Crippen LogP contribution in [0.3, 0.4) is 0 Å². The average molecular weight is 278 g/mol. The molecule has 0 saturated heterocycles. The summed E-state index contributed by atoms with van der Waals surface area (Å²) < 4.78 is 32.5. The molecule has 3 nitrogen and oxygen atoms in total. The molecule has 5 heteroatoms. The Morgan fingerprint density at radius 3 is 2.85 bits per heavy atom. The van der Waals surface area contributed by atoms with Crippen LogP contribution in [0.2, 0.25) is 0 Å². The zero-order valence-corrected chi connectivity index (χ0v) is 11.2. The molecule has 20 heavy (non-hydrogen) atoms. The summed E-state index contributed by atoms with van der Waals surface area (Å²) in [6.45, 7) is 2.39. The molecular formula is C15H16F2N2O. The van der Waals surface area contributed by atoms with E-state index in [1.54, 1.807) is 6.92 Å². The molecule has 0 aliphatic heterocycles. The third kappa shape index (κ3) is 2.88. The topological polar surface area (TPSA) is 38.1 Å². The Kier molecular flexibility index (Phi) is 3.53. The van der Waals surface area contributed by atoms with Gasteiger partial charge in [-0.05, 0) is 31.4 Å². The van der Waals surface area contributed by atoms with Gasteiger partial charge < -0.3 is 9.73 Å². The number of aryl methyl sites for hydroxylation is 1. The lowest BCUT2D eigenvalue weighted by molar-refractivity contribution is 0.490. The van der Waals surface area contributed by atoms with E-state index in [1.165, 1.54) is 25.1 Å². The minimum atomic E-state index is -0.632. The maximum Gasteiger partial charge on any atom is 0.196 e. The smallest absolute Gasteiger partial charge is 0.196 e. The maximum atomic E-state index is 13.8. The molecule has 0 radical (unpaired) electrons. The van der Waals surface area contributed by atoms with Crippen molar-refractivity contribution < 1.29 is 13.2 Å². The van der Waals surface area contributed by atoms with E-state index in [2.05, 4.69) is 10.3 Å². The first-order valence-corrected chi connectivity index (χ1v) is 6.77. The number of hydrogen-bond acceptors (Lipinski definition) is 3. The van der Waals surface area contributed by atoms with Crippen LogP contribution in [0.5, 0.6) is 0 Å². The van der Waals surface area contributed by atoms with E-state index in [0.29, 0.717) is 29.7 Å². The molecule has 1 aromatic carbocycles. The molecule has 3 rings (SSSR count). The summed E-state index contributed by atoms with van der Waals surface area (Å²) in [4.78, 5) is 4.14. The van der Waals surface area contributed by atoms with E-state index < -0.39 is 11.6 Å². The number of oxazole rings is 1. The lowest BCUT2D eigenvalue weighted by Crippen LogP contribution is -2.19. The molecule has 1 aromatic heterocycles. The van der Waals surface area contributed by atoms with Crippen molar-refractivity contribution in [1.29, 1.82) is 0 Å². The van der Waals surface area contributed by atoms with Crippen LogP contribution in [0.15, 0.2) is 22.7 Å². The summed E-state index contributed by atoms with van der Waals surface area (Å²) in [7, 11) is 0. The van der Waals surface area contributed by atoms with Gasteiger partial charge in [0.25, 0.3) is 0 Å². The van der Waals surface area contributed by atoms with E-state index in [9.17, 15) is 8.78 Å². The van der Waals surface area contributed by atoms with E-state index in [0.717, 1.165) is 12.6 Å². The molecular weight excluding hydrogens is 262 g/mol. The van der Waals surface area contributed by atoms with Crippen LogP contribution in [-0.2, 0) is 6.42 Å². The molecule has 1 aliphatic carbocycles. The Morgan fingerprint density at radius 1 is 1.30 bits per heavy atom. The number of rotatable bonds is 5. The summed E-state index contributed by atoms with van der Waals surface area (Å²) in [6, 6.07) is 2.96. The van der Waals surface area contributed by atoms with E-state index >= 15 is 0 Å². The van der Waals surface area contributed by atoms with Crippen LogP contribution >= 0.6 is 0 Å². The molecule has 1 saturated carbocycles. The van der Waals surface area contributed by atoms with Gasteiger partial charge in [-0.15, -0.1) is 0 Å². The molecule has 1 N–H and O–H groups in total. The fourth-order valence-electron chi connectivity index (χ4n) is 2.07. The van der Waals surface area contributed by atoms with Crippen molar-refractivity contribution in [3.63, 3.8) is 0 Å². The van der Waals surface area contributed by atoms with Crippen LogP contribution in [0.25, 0.3) is 11.3 Å². The number of nitrogens with one attached hydrogen (secondary N) is 1. The maximum absolute atomic E-state index is 13.8. The molecule has 0 atom stereocenters. The van der Waals surface area contributed by atoms with E-state index in [4.69, 9.17) is 4.42 Å². The highest BCUT2D eigenvalue weighted by atomic mass is 19.1. The standard InChI is InChI=1S/C15H16F2N2O/c1-9-6-11(13(17)7-12(9)16)14-8-19-15(20-14)4-5-18-10-2-3-10/h6-8,10,18H,2-5H2,1H3. The van der Waals surface area contributed by atoms with E-state index in [-0.39, 0.29) is 5.56 Å². The predicted octanol–water partition coefficient (Wildman–Crippen LogP) is 3.22. The third-order valence-electron chi connectivity index (χ3n) is 3.42. The largest absolute Gasteiger partial charge is 0.441 e. The van der Waals surface area contributed by atoms with Gasteiger partial charge in [0.2, 0.25) is 0 Å². The molecule has 0 spiro atoms. The van der Waals surface area contributed by atoms with Crippen molar-refractivity contribution in [1.82, 2.24) is 10.3 Å². The lowest BCUT2D eigenvalue weighted by Gasteiger charge is -2.02. The second-order valence-corrected chi connectivity index (χ2v) is 5.18. The number of benzene rings is 1. The number of halogens is 2. The van der Waals surface area contributed by atoms with Crippen molar-refractivity contribution in [2.45, 2.75) is 32.2 Å². The minimum absolute atomic E-state index is 0.248. The van der Waals surface area contributed by atoms with Crippen molar-refractivity contribution in [2.75, 3.05) is 6.54 Å². The number of nitrogens with zero attached hydrogens (tertiary/aromatic N) is 1. The quantitative estimate of drug-likeness (QED) is 0.912. The van der Waals surface area contributed by atoms with Gasteiger partial charge >= 0.3 is 0 Å². The molecule has 2 aromatic rings. The van der Waals surface area contributed by atoms with Crippen LogP contribution in [0.1, 0.15) is 24.3 Å². The van der Waals surface area contributed by atoms with Gasteiger partial charge in [0.05, 0.1) is 11.8 Å². The molecule has 0 amide bonds. The van der Waals surface area contributed by atoms with Gasteiger partial charge in [-0.2, -0.15) is 0 Å². The molecule has 0 unspecified atom stereocenters. The first kappa shape index (κ1) is 13.2. The second kappa shape index (κ2) is 5.32. The average Bonchev–Trinajstić information content (AvgIpc) is 3.11. The van der Waals surface area contributed by atoms with Gasteiger partial charge in [0, 0.05) is 25.1 Å². The van der Waals surface area contributed by atoms with Crippen molar-refractivity contribution in [3.05, 3.63) is 41.4 Å². The van der Waals surface area contributed by atoms with Gasteiger partial charge in [-0.1, -0.05) is 0 Å². The predicted molar refractivity (Wildman–Crippen MR) is 71.3 cm³/mol. The second-order valence-electron chi connectivity index (χ2n) is 5.18. The molecule has 1 fully saturated rings. The first-order chi connectivity index (χ1) is 9.63. The Morgan fingerprint density at radius 2 is 2.10 bits per heavy atom. The van der Waals surface area contributed by atoms with E-state index in [1.807, 2.05) is 0 Å². The molecule has 106 valence electrons. The normalized spacial score (nSPS) is 14.8. The fraction of sp³-hybridized carbons (Fsp3) is 0.400. The minimum Gasteiger partial charge on any atom is -0.441 e. The van der Waals surface area contributed by atoms with Crippen LogP contribution in [-0.4, -0.2) is 17.6 Å². The molecule has 1 heterocycles. The third-order valence-corrected chi connectivity index (χ3v) is 3.42.